The van der Waals surface area contributed by atoms with E-state index in [1.165, 1.54) is 12.5 Å². The summed E-state index contributed by atoms with van der Waals surface area (Å²) in [7, 11) is 0. The molecule has 0 saturated heterocycles. The minimum absolute atomic E-state index is 0.245. The van der Waals surface area contributed by atoms with Crippen LogP contribution in [0.2, 0.25) is 0 Å². The second-order valence-electron chi connectivity index (χ2n) is 5.70. The lowest BCUT2D eigenvalue weighted by Crippen LogP contribution is -2.32. The van der Waals surface area contributed by atoms with Crippen molar-refractivity contribution in [2.24, 2.45) is 5.41 Å². The van der Waals surface area contributed by atoms with Crippen LogP contribution in [0.5, 0.6) is 0 Å². The maximum absolute atomic E-state index is 13.5. The minimum atomic E-state index is -0.787. The van der Waals surface area contributed by atoms with Gasteiger partial charge in [-0.25, -0.2) is 8.78 Å². The van der Waals surface area contributed by atoms with Crippen LogP contribution in [0, 0.1) is 17.0 Å². The van der Waals surface area contributed by atoms with Gasteiger partial charge in [-0.2, -0.15) is 0 Å². The summed E-state index contributed by atoms with van der Waals surface area (Å²) < 4.78 is 26.6. The van der Waals surface area contributed by atoms with E-state index in [0.717, 1.165) is 25.3 Å². The molecule has 17 heavy (non-hydrogen) atoms. The Morgan fingerprint density at radius 1 is 1.29 bits per heavy atom. The Morgan fingerprint density at radius 3 is 2.76 bits per heavy atom. The normalized spacial score (nSPS) is 23.4. The fourth-order valence-electron chi connectivity index (χ4n) is 2.66. The Kier molecular flexibility index (Phi) is 3.36. The molecule has 0 aliphatic heterocycles. The monoisotopic (exact) mass is 239 g/mol. The van der Waals surface area contributed by atoms with Crippen molar-refractivity contribution in [1.29, 1.82) is 0 Å². The largest absolute Gasteiger partial charge is 0.380 e. The summed E-state index contributed by atoms with van der Waals surface area (Å²) in [6, 6.07) is 4.52. The van der Waals surface area contributed by atoms with Gasteiger partial charge in [0.25, 0.3) is 0 Å². The molecule has 0 spiro atoms. The molecule has 1 N–H and O–H groups in total. The van der Waals surface area contributed by atoms with Crippen LogP contribution in [0.15, 0.2) is 18.2 Å². The average Bonchev–Trinajstić information content (AvgIpc) is 2.23. The zero-order chi connectivity index (χ0) is 12.5. The van der Waals surface area contributed by atoms with Crippen LogP contribution in [0.1, 0.15) is 39.5 Å². The topological polar surface area (TPSA) is 12.0 Å². The highest BCUT2D eigenvalue weighted by atomic mass is 19.2. The fourth-order valence-corrected chi connectivity index (χ4v) is 2.66. The molecule has 1 unspecified atom stereocenters. The van der Waals surface area contributed by atoms with Gasteiger partial charge in [0.05, 0.1) is 5.69 Å². The zero-order valence-electron chi connectivity index (χ0n) is 10.4. The van der Waals surface area contributed by atoms with Gasteiger partial charge in [-0.3, -0.25) is 0 Å². The van der Waals surface area contributed by atoms with Crippen LogP contribution in [-0.4, -0.2) is 6.04 Å². The highest BCUT2D eigenvalue weighted by Crippen LogP contribution is 2.36. The van der Waals surface area contributed by atoms with Crippen molar-refractivity contribution < 1.29 is 8.78 Å². The number of halogens is 2. The number of hydrogen-bond acceptors (Lipinski definition) is 1. The number of nitrogens with one attached hydrogen (secondary N) is 1. The smallest absolute Gasteiger partial charge is 0.181 e. The number of benzene rings is 1. The summed E-state index contributed by atoms with van der Waals surface area (Å²) in [6.07, 6.45) is 4.38. The first-order valence-corrected chi connectivity index (χ1v) is 6.18. The van der Waals surface area contributed by atoms with Crippen LogP contribution in [-0.2, 0) is 0 Å². The summed E-state index contributed by atoms with van der Waals surface area (Å²) in [6.45, 7) is 4.45. The van der Waals surface area contributed by atoms with Gasteiger partial charge in [-0.1, -0.05) is 26.3 Å². The third-order valence-corrected chi connectivity index (χ3v) is 3.52. The summed E-state index contributed by atoms with van der Waals surface area (Å²) >= 11 is 0. The van der Waals surface area contributed by atoms with E-state index >= 15 is 0 Å². The molecule has 1 fully saturated rings. The van der Waals surface area contributed by atoms with Crippen molar-refractivity contribution in [3.63, 3.8) is 0 Å². The number of anilines is 1. The molecule has 1 atom stereocenters. The van der Waals surface area contributed by atoms with Crippen molar-refractivity contribution in [3.05, 3.63) is 29.8 Å². The van der Waals surface area contributed by atoms with Crippen molar-refractivity contribution in [3.8, 4) is 0 Å². The van der Waals surface area contributed by atoms with Gasteiger partial charge in [-0.05, 0) is 36.8 Å². The molecule has 94 valence electrons. The van der Waals surface area contributed by atoms with Crippen LogP contribution in [0.25, 0.3) is 0 Å². The molecule has 1 saturated carbocycles. The molecule has 0 bridgehead atoms. The maximum atomic E-state index is 13.5. The Hall–Kier alpha value is -1.12. The van der Waals surface area contributed by atoms with Gasteiger partial charge >= 0.3 is 0 Å². The molecular formula is C14H19F2N. The van der Waals surface area contributed by atoms with Crippen LogP contribution in [0.4, 0.5) is 14.5 Å². The Labute approximate surface area is 101 Å². The predicted molar refractivity (Wildman–Crippen MR) is 66.0 cm³/mol. The van der Waals surface area contributed by atoms with Gasteiger partial charge < -0.3 is 5.32 Å². The van der Waals surface area contributed by atoms with E-state index in [2.05, 4.69) is 19.2 Å². The minimum Gasteiger partial charge on any atom is -0.380 e. The van der Waals surface area contributed by atoms with Gasteiger partial charge in [0, 0.05) is 6.04 Å². The molecule has 3 heteroatoms. The molecule has 0 radical (unpaired) electrons. The molecule has 0 amide bonds. The first-order chi connectivity index (χ1) is 7.98. The summed E-state index contributed by atoms with van der Waals surface area (Å²) in [4.78, 5) is 0. The van der Waals surface area contributed by atoms with Crippen LogP contribution in [0.3, 0.4) is 0 Å². The standard InChI is InChI=1S/C14H19F2N/c1-14(2)8-4-5-10(9-14)17-12-7-3-6-11(15)13(12)16/h3,6-7,10,17H,4-5,8-9H2,1-2H3. The first-order valence-electron chi connectivity index (χ1n) is 6.18. The predicted octanol–water partition coefficient (Wildman–Crippen LogP) is 4.35. The number of hydrogen-bond donors (Lipinski definition) is 1. The van der Waals surface area contributed by atoms with E-state index < -0.39 is 11.6 Å². The second-order valence-corrected chi connectivity index (χ2v) is 5.70. The van der Waals surface area contributed by atoms with Crippen molar-refractivity contribution in [2.45, 2.75) is 45.6 Å². The van der Waals surface area contributed by atoms with E-state index in [1.807, 2.05) is 0 Å². The highest BCUT2D eigenvalue weighted by molar-refractivity contribution is 5.45. The molecule has 1 aromatic carbocycles. The third kappa shape index (κ3) is 2.96. The second kappa shape index (κ2) is 4.63. The fraction of sp³-hybridized carbons (Fsp3) is 0.571. The zero-order valence-corrected chi connectivity index (χ0v) is 10.4. The molecule has 0 heterocycles. The molecule has 1 aromatic rings. The average molecular weight is 239 g/mol. The van der Waals surface area contributed by atoms with E-state index in [4.69, 9.17) is 0 Å². The van der Waals surface area contributed by atoms with Crippen molar-refractivity contribution in [1.82, 2.24) is 0 Å². The van der Waals surface area contributed by atoms with E-state index in [1.54, 1.807) is 6.07 Å². The summed E-state index contributed by atoms with van der Waals surface area (Å²) in [5.41, 5.74) is 0.576. The molecule has 1 aliphatic carbocycles. The third-order valence-electron chi connectivity index (χ3n) is 3.52. The van der Waals surface area contributed by atoms with Crippen LogP contribution < -0.4 is 5.32 Å². The SMILES string of the molecule is CC1(C)CCCC(Nc2cccc(F)c2F)C1. The number of rotatable bonds is 2. The van der Waals surface area contributed by atoms with E-state index in [0.29, 0.717) is 5.41 Å². The van der Waals surface area contributed by atoms with Crippen molar-refractivity contribution >= 4 is 5.69 Å². The van der Waals surface area contributed by atoms with E-state index in [9.17, 15) is 8.78 Å². The van der Waals surface area contributed by atoms with Gasteiger partial charge in [-0.15, -0.1) is 0 Å². The Bertz CT molecular complexity index is 401. The van der Waals surface area contributed by atoms with Crippen molar-refractivity contribution in [2.75, 3.05) is 5.32 Å². The Morgan fingerprint density at radius 2 is 2.06 bits per heavy atom. The quantitative estimate of drug-likeness (QED) is 0.809. The Balaban J connectivity index is 2.08. The molecule has 0 aromatic heterocycles. The first kappa shape index (κ1) is 12.3. The lowest BCUT2D eigenvalue weighted by molar-refractivity contribution is 0.229. The molecule has 1 aliphatic rings. The lowest BCUT2D eigenvalue weighted by Gasteiger charge is -2.36. The summed E-state index contributed by atoms with van der Waals surface area (Å²) in [5.74, 6) is -1.55. The molecule has 1 nitrogen and oxygen atoms in total. The van der Waals surface area contributed by atoms with Crippen LogP contribution >= 0.6 is 0 Å². The van der Waals surface area contributed by atoms with Gasteiger partial charge in [0.15, 0.2) is 11.6 Å². The molecular weight excluding hydrogens is 220 g/mol. The van der Waals surface area contributed by atoms with Gasteiger partial charge in [0.2, 0.25) is 0 Å². The lowest BCUT2D eigenvalue weighted by atomic mass is 9.75. The van der Waals surface area contributed by atoms with E-state index in [-0.39, 0.29) is 11.7 Å². The summed E-state index contributed by atoms with van der Waals surface area (Å²) in [5, 5.41) is 3.13. The highest BCUT2D eigenvalue weighted by Gasteiger charge is 2.28. The van der Waals surface area contributed by atoms with Gasteiger partial charge in [0.1, 0.15) is 0 Å². The maximum Gasteiger partial charge on any atom is 0.181 e. The molecule has 2 rings (SSSR count).